The fraction of sp³-hybridized carbons (Fsp3) is 1.00. The molecule has 1 heterocycles. The Morgan fingerprint density at radius 3 is 2.57 bits per heavy atom. The van der Waals surface area contributed by atoms with Crippen LogP contribution < -0.4 is 5.32 Å². The molecule has 0 radical (unpaired) electrons. The molecule has 0 saturated carbocycles. The van der Waals surface area contributed by atoms with Gasteiger partial charge in [-0.2, -0.15) is 11.8 Å². The Balaban J connectivity index is 2.03. The topological polar surface area (TPSA) is 15.3 Å². The van der Waals surface area contributed by atoms with E-state index in [1.165, 1.54) is 31.8 Å². The molecule has 1 aliphatic rings. The van der Waals surface area contributed by atoms with E-state index in [1.54, 1.807) is 0 Å². The van der Waals surface area contributed by atoms with Gasteiger partial charge in [0.2, 0.25) is 0 Å². The van der Waals surface area contributed by atoms with E-state index in [2.05, 4.69) is 42.7 Å². The molecule has 2 nitrogen and oxygen atoms in total. The first-order valence-electron chi connectivity index (χ1n) is 5.83. The van der Waals surface area contributed by atoms with Gasteiger partial charge in [0.05, 0.1) is 0 Å². The number of likely N-dealkylation sites (N-methyl/N-ethyl adjacent to an activating group) is 1. The van der Waals surface area contributed by atoms with Gasteiger partial charge in [-0.15, -0.1) is 0 Å². The van der Waals surface area contributed by atoms with Crippen LogP contribution in [0.5, 0.6) is 0 Å². The van der Waals surface area contributed by atoms with Crippen LogP contribution in [0.1, 0.15) is 27.2 Å². The van der Waals surface area contributed by atoms with Gasteiger partial charge < -0.3 is 10.2 Å². The van der Waals surface area contributed by atoms with Crippen molar-refractivity contribution in [3.05, 3.63) is 0 Å². The lowest BCUT2D eigenvalue weighted by Gasteiger charge is -2.19. The van der Waals surface area contributed by atoms with Crippen molar-refractivity contribution < 1.29 is 0 Å². The second kappa shape index (κ2) is 6.70. The fourth-order valence-corrected chi connectivity index (χ4v) is 3.11. The van der Waals surface area contributed by atoms with E-state index in [1.807, 2.05) is 0 Å². The molecule has 1 saturated heterocycles. The second-order valence-corrected chi connectivity index (χ2v) is 5.53. The fourth-order valence-electron chi connectivity index (χ4n) is 1.93. The molecule has 0 aromatic carbocycles. The van der Waals surface area contributed by atoms with Crippen LogP contribution in [0.2, 0.25) is 0 Å². The van der Waals surface area contributed by atoms with Crippen molar-refractivity contribution >= 4 is 11.8 Å². The van der Waals surface area contributed by atoms with Gasteiger partial charge in [0, 0.05) is 30.1 Å². The smallest absolute Gasteiger partial charge is 0.0169 e. The summed E-state index contributed by atoms with van der Waals surface area (Å²) in [5, 5.41) is 4.51. The first-order valence-corrected chi connectivity index (χ1v) is 6.88. The van der Waals surface area contributed by atoms with Gasteiger partial charge in [-0.25, -0.2) is 0 Å². The summed E-state index contributed by atoms with van der Waals surface area (Å²) < 4.78 is 0. The maximum Gasteiger partial charge on any atom is 0.0169 e. The molecule has 2 atom stereocenters. The van der Waals surface area contributed by atoms with E-state index < -0.39 is 0 Å². The SMILES string of the molecule is CCN(CC)CCNC1CSC(C)C1. The van der Waals surface area contributed by atoms with Crippen LogP contribution in [0.3, 0.4) is 0 Å². The molecule has 0 spiro atoms. The van der Waals surface area contributed by atoms with Crippen molar-refractivity contribution in [2.45, 2.75) is 38.5 Å². The van der Waals surface area contributed by atoms with Gasteiger partial charge in [-0.1, -0.05) is 20.8 Å². The molecule has 1 rings (SSSR count). The molecular formula is C11H24N2S. The lowest BCUT2D eigenvalue weighted by molar-refractivity contribution is 0.297. The number of nitrogens with zero attached hydrogens (tertiary/aromatic N) is 1. The van der Waals surface area contributed by atoms with Crippen LogP contribution in [0.4, 0.5) is 0 Å². The molecule has 0 aliphatic carbocycles. The Kier molecular flexibility index (Phi) is 5.90. The Bertz CT molecular complexity index is 148. The number of hydrogen-bond acceptors (Lipinski definition) is 3. The minimum atomic E-state index is 0.769. The predicted molar refractivity (Wildman–Crippen MR) is 66.1 cm³/mol. The van der Waals surface area contributed by atoms with Gasteiger partial charge in [0.1, 0.15) is 0 Å². The summed E-state index contributed by atoms with van der Waals surface area (Å²) in [5.74, 6) is 1.30. The summed E-state index contributed by atoms with van der Waals surface area (Å²) in [6, 6.07) is 0.769. The molecule has 1 aliphatic heterocycles. The van der Waals surface area contributed by atoms with Crippen molar-refractivity contribution in [3.63, 3.8) is 0 Å². The highest BCUT2D eigenvalue weighted by Gasteiger charge is 2.20. The summed E-state index contributed by atoms with van der Waals surface area (Å²) in [5.41, 5.74) is 0. The van der Waals surface area contributed by atoms with Crippen LogP contribution in [0, 0.1) is 0 Å². The zero-order chi connectivity index (χ0) is 10.4. The molecule has 2 unspecified atom stereocenters. The summed E-state index contributed by atoms with van der Waals surface area (Å²) >= 11 is 2.10. The quantitative estimate of drug-likeness (QED) is 0.729. The Labute approximate surface area is 92.8 Å². The van der Waals surface area contributed by atoms with Crippen LogP contribution in [0.25, 0.3) is 0 Å². The summed E-state index contributed by atoms with van der Waals surface area (Å²) in [6.07, 6.45) is 1.35. The molecule has 84 valence electrons. The summed E-state index contributed by atoms with van der Waals surface area (Å²) in [6.45, 7) is 11.5. The molecule has 14 heavy (non-hydrogen) atoms. The lowest BCUT2D eigenvalue weighted by atomic mass is 10.2. The van der Waals surface area contributed by atoms with Crippen LogP contribution in [0.15, 0.2) is 0 Å². The molecule has 0 aromatic rings. The van der Waals surface area contributed by atoms with Gasteiger partial charge in [0.25, 0.3) is 0 Å². The molecule has 1 N–H and O–H groups in total. The maximum atomic E-state index is 3.65. The molecule has 0 amide bonds. The zero-order valence-electron chi connectivity index (χ0n) is 9.75. The Morgan fingerprint density at radius 2 is 2.07 bits per heavy atom. The van der Waals surface area contributed by atoms with Crippen LogP contribution >= 0.6 is 11.8 Å². The average Bonchev–Trinajstić information content (AvgIpc) is 2.59. The maximum absolute atomic E-state index is 3.65. The Hall–Kier alpha value is 0.270. The minimum Gasteiger partial charge on any atom is -0.312 e. The van der Waals surface area contributed by atoms with Crippen molar-refractivity contribution in [2.75, 3.05) is 31.9 Å². The normalized spacial score (nSPS) is 27.4. The van der Waals surface area contributed by atoms with Crippen molar-refractivity contribution in [1.82, 2.24) is 10.2 Å². The monoisotopic (exact) mass is 216 g/mol. The van der Waals surface area contributed by atoms with E-state index in [4.69, 9.17) is 0 Å². The van der Waals surface area contributed by atoms with Gasteiger partial charge in [-0.05, 0) is 19.5 Å². The largest absolute Gasteiger partial charge is 0.312 e. The standard InChI is InChI=1S/C11H24N2S/c1-4-13(5-2)7-6-12-11-8-10(3)14-9-11/h10-12H,4-9H2,1-3H3. The first-order chi connectivity index (χ1) is 6.76. The number of hydrogen-bond donors (Lipinski definition) is 1. The van der Waals surface area contributed by atoms with Crippen molar-refractivity contribution in [3.8, 4) is 0 Å². The third-order valence-corrected chi connectivity index (χ3v) is 4.31. The highest BCUT2D eigenvalue weighted by molar-refractivity contribution is 8.00. The third-order valence-electron chi connectivity index (χ3n) is 2.95. The van der Waals surface area contributed by atoms with Gasteiger partial charge in [-0.3, -0.25) is 0 Å². The van der Waals surface area contributed by atoms with Gasteiger partial charge >= 0.3 is 0 Å². The average molecular weight is 216 g/mol. The predicted octanol–water partition coefficient (Wildman–Crippen LogP) is 1.81. The number of nitrogens with one attached hydrogen (secondary N) is 1. The van der Waals surface area contributed by atoms with Crippen molar-refractivity contribution in [1.29, 1.82) is 0 Å². The third kappa shape index (κ3) is 4.20. The number of rotatable bonds is 6. The first kappa shape index (κ1) is 12.3. The van der Waals surface area contributed by atoms with E-state index >= 15 is 0 Å². The molecule has 1 fully saturated rings. The summed E-state index contributed by atoms with van der Waals surface area (Å²) in [4.78, 5) is 2.47. The second-order valence-electron chi connectivity index (χ2n) is 4.06. The minimum absolute atomic E-state index is 0.769. The van der Waals surface area contributed by atoms with Crippen LogP contribution in [-0.2, 0) is 0 Å². The molecular weight excluding hydrogens is 192 g/mol. The highest BCUT2D eigenvalue weighted by atomic mass is 32.2. The summed E-state index contributed by atoms with van der Waals surface area (Å²) in [7, 11) is 0. The zero-order valence-corrected chi connectivity index (χ0v) is 10.6. The molecule has 0 aromatic heterocycles. The van der Waals surface area contributed by atoms with E-state index in [9.17, 15) is 0 Å². The molecule has 0 bridgehead atoms. The van der Waals surface area contributed by atoms with Gasteiger partial charge in [0.15, 0.2) is 0 Å². The van der Waals surface area contributed by atoms with E-state index in [-0.39, 0.29) is 0 Å². The van der Waals surface area contributed by atoms with Crippen molar-refractivity contribution in [2.24, 2.45) is 0 Å². The van der Waals surface area contributed by atoms with E-state index in [0.717, 1.165) is 17.8 Å². The van der Waals surface area contributed by atoms with Crippen LogP contribution in [-0.4, -0.2) is 48.1 Å². The molecule has 3 heteroatoms. The van der Waals surface area contributed by atoms with E-state index in [0.29, 0.717) is 0 Å². The number of thioether (sulfide) groups is 1. The highest BCUT2D eigenvalue weighted by Crippen LogP contribution is 2.25. The lowest BCUT2D eigenvalue weighted by Crippen LogP contribution is -2.37. The Morgan fingerprint density at radius 1 is 1.36 bits per heavy atom.